The number of para-hydroxylation sites is 1. The highest BCUT2D eigenvalue weighted by Gasteiger charge is 2.25. The number of nitrogens with zero attached hydrogens (tertiary/aromatic N) is 3. The van der Waals surface area contributed by atoms with E-state index in [2.05, 4.69) is 25.6 Å². The highest BCUT2D eigenvalue weighted by Crippen LogP contribution is 2.38. The second-order valence-corrected chi connectivity index (χ2v) is 6.41. The van der Waals surface area contributed by atoms with Crippen LogP contribution in [0.3, 0.4) is 0 Å². The first-order chi connectivity index (χ1) is 10.2. The molecule has 0 radical (unpaired) electrons. The number of aromatic nitrogens is 3. The fourth-order valence-electron chi connectivity index (χ4n) is 3.31. The third kappa shape index (κ3) is 1.80. The summed E-state index contributed by atoms with van der Waals surface area (Å²) in [4.78, 5) is 0. The van der Waals surface area contributed by atoms with Gasteiger partial charge in [0.1, 0.15) is 11.4 Å². The molecule has 4 rings (SSSR count). The molecule has 0 bridgehead atoms. The summed E-state index contributed by atoms with van der Waals surface area (Å²) in [5.74, 6) is -0.141. The van der Waals surface area contributed by atoms with E-state index in [1.54, 1.807) is 6.20 Å². The van der Waals surface area contributed by atoms with Crippen LogP contribution < -0.4 is 0 Å². The Kier molecular flexibility index (Phi) is 2.92. The molecule has 0 saturated heterocycles. The largest absolute Gasteiger partial charge is 0.336 e. The van der Waals surface area contributed by atoms with E-state index in [9.17, 15) is 0 Å². The van der Waals surface area contributed by atoms with Gasteiger partial charge in [-0.15, -0.1) is 0 Å². The lowest BCUT2D eigenvalue weighted by molar-refractivity contribution is 0.508. The van der Waals surface area contributed by atoms with Crippen LogP contribution in [-0.4, -0.2) is 14.3 Å². The normalized spacial score (nSPS) is 14.6. The molecule has 0 N–H and O–H groups in total. The summed E-state index contributed by atoms with van der Waals surface area (Å²) < 4.78 is 19.9. The van der Waals surface area contributed by atoms with Crippen molar-refractivity contribution in [1.29, 1.82) is 0 Å². The van der Waals surface area contributed by atoms with Crippen LogP contribution in [0.25, 0.3) is 22.3 Å². The van der Waals surface area contributed by atoms with Gasteiger partial charge in [0.05, 0.1) is 16.2 Å². The SMILES string of the molecule is Cc1cccc2c(F)c3n(c12)CCCCn1ncc(Br)c1-3. The third-order valence-electron chi connectivity index (χ3n) is 4.24. The van der Waals surface area contributed by atoms with E-state index >= 15 is 4.39 Å². The molecule has 0 unspecified atom stereocenters. The lowest BCUT2D eigenvalue weighted by atomic mass is 10.1. The van der Waals surface area contributed by atoms with Crippen LogP contribution in [0.4, 0.5) is 4.39 Å². The van der Waals surface area contributed by atoms with Crippen molar-refractivity contribution in [3.63, 3.8) is 0 Å². The number of benzene rings is 1. The van der Waals surface area contributed by atoms with Crippen LogP contribution in [-0.2, 0) is 13.1 Å². The maximum Gasteiger partial charge on any atom is 0.158 e. The van der Waals surface area contributed by atoms with Crippen molar-refractivity contribution < 1.29 is 4.39 Å². The average Bonchev–Trinajstić information content (AvgIpc) is 2.91. The molecule has 0 spiro atoms. The van der Waals surface area contributed by atoms with Crippen molar-refractivity contribution in [2.24, 2.45) is 0 Å². The van der Waals surface area contributed by atoms with E-state index in [4.69, 9.17) is 0 Å². The first-order valence-electron chi connectivity index (χ1n) is 7.17. The fraction of sp³-hybridized carbons (Fsp3) is 0.312. The van der Waals surface area contributed by atoms with Gasteiger partial charge >= 0.3 is 0 Å². The molecule has 1 aromatic carbocycles. The van der Waals surface area contributed by atoms with Crippen LogP contribution in [0.5, 0.6) is 0 Å². The Hall–Kier alpha value is -1.62. The first kappa shape index (κ1) is 13.1. The molecule has 0 fully saturated rings. The average molecular weight is 348 g/mol. The highest BCUT2D eigenvalue weighted by atomic mass is 79.9. The Morgan fingerprint density at radius 3 is 2.86 bits per heavy atom. The smallest absolute Gasteiger partial charge is 0.158 e. The van der Waals surface area contributed by atoms with E-state index in [1.807, 2.05) is 29.8 Å². The number of hydrogen-bond acceptors (Lipinski definition) is 1. The van der Waals surface area contributed by atoms with Gasteiger partial charge in [-0.1, -0.05) is 12.1 Å². The zero-order valence-corrected chi connectivity index (χ0v) is 13.3. The van der Waals surface area contributed by atoms with E-state index in [1.165, 1.54) is 0 Å². The number of halogens is 2. The van der Waals surface area contributed by atoms with Crippen LogP contribution in [0.2, 0.25) is 0 Å². The summed E-state index contributed by atoms with van der Waals surface area (Å²) in [6.45, 7) is 3.72. The predicted octanol–water partition coefficient (Wildman–Crippen LogP) is 4.51. The molecule has 5 heteroatoms. The lowest BCUT2D eigenvalue weighted by Crippen LogP contribution is -2.12. The third-order valence-corrected chi connectivity index (χ3v) is 4.82. The van der Waals surface area contributed by atoms with Gasteiger partial charge in [-0.2, -0.15) is 5.10 Å². The minimum absolute atomic E-state index is 0.141. The molecule has 3 nitrogen and oxygen atoms in total. The lowest BCUT2D eigenvalue weighted by Gasteiger charge is -2.17. The second-order valence-electron chi connectivity index (χ2n) is 5.56. The molecule has 1 aliphatic rings. The Labute approximate surface area is 130 Å². The molecule has 0 amide bonds. The minimum Gasteiger partial charge on any atom is -0.336 e. The molecule has 1 aliphatic heterocycles. The molecule has 21 heavy (non-hydrogen) atoms. The summed E-state index contributed by atoms with van der Waals surface area (Å²) in [5, 5.41) is 5.08. The monoisotopic (exact) mass is 347 g/mol. The second kappa shape index (κ2) is 4.70. The quantitative estimate of drug-likeness (QED) is 0.586. The molecular formula is C16H15BrFN3. The minimum atomic E-state index is -0.141. The zero-order chi connectivity index (χ0) is 14.6. The Morgan fingerprint density at radius 2 is 2.00 bits per heavy atom. The van der Waals surface area contributed by atoms with Gasteiger partial charge < -0.3 is 4.57 Å². The number of hydrogen-bond donors (Lipinski definition) is 0. The molecule has 108 valence electrons. The van der Waals surface area contributed by atoms with Crippen molar-refractivity contribution in [3.8, 4) is 11.4 Å². The van der Waals surface area contributed by atoms with Crippen LogP contribution in [0.1, 0.15) is 18.4 Å². The molecule has 0 atom stereocenters. The molecule has 0 saturated carbocycles. The fourth-order valence-corrected chi connectivity index (χ4v) is 3.79. The van der Waals surface area contributed by atoms with Crippen molar-refractivity contribution in [2.75, 3.05) is 0 Å². The highest BCUT2D eigenvalue weighted by molar-refractivity contribution is 9.10. The molecule has 2 aromatic heterocycles. The summed E-state index contributed by atoms with van der Waals surface area (Å²) in [6, 6.07) is 5.82. The van der Waals surface area contributed by atoms with Gasteiger partial charge in [-0.3, -0.25) is 4.68 Å². The number of aryl methyl sites for hydroxylation is 3. The van der Waals surface area contributed by atoms with Crippen LogP contribution in [0, 0.1) is 12.7 Å². The maximum atomic E-state index is 15.1. The van der Waals surface area contributed by atoms with Gasteiger partial charge in [-0.05, 0) is 47.3 Å². The molecule has 0 aliphatic carbocycles. The van der Waals surface area contributed by atoms with Gasteiger partial charge in [-0.25, -0.2) is 4.39 Å². The zero-order valence-electron chi connectivity index (χ0n) is 11.7. The molecule has 3 heterocycles. The first-order valence-corrected chi connectivity index (χ1v) is 7.97. The number of fused-ring (bicyclic) bond motifs is 5. The van der Waals surface area contributed by atoms with Crippen LogP contribution >= 0.6 is 15.9 Å². The van der Waals surface area contributed by atoms with Gasteiger partial charge in [0, 0.05) is 18.5 Å². The Morgan fingerprint density at radius 1 is 1.19 bits per heavy atom. The van der Waals surface area contributed by atoms with E-state index < -0.39 is 0 Å². The number of rotatable bonds is 0. The van der Waals surface area contributed by atoms with Gasteiger partial charge in [0.2, 0.25) is 0 Å². The predicted molar refractivity (Wildman–Crippen MR) is 84.8 cm³/mol. The van der Waals surface area contributed by atoms with E-state index in [-0.39, 0.29) is 5.82 Å². The standard InChI is InChI=1S/C16H15BrFN3/c1-10-5-4-6-11-13(18)16-15-12(17)9-19-21(15)8-3-2-7-20(16)14(10)11/h4-6,9H,2-3,7-8H2,1H3. The Bertz CT molecular complexity index is 847. The summed E-state index contributed by atoms with van der Waals surface area (Å²) in [6.07, 6.45) is 3.84. The summed E-state index contributed by atoms with van der Waals surface area (Å²) >= 11 is 3.53. The van der Waals surface area contributed by atoms with E-state index in [0.717, 1.165) is 47.2 Å². The van der Waals surface area contributed by atoms with Gasteiger partial charge in [0.25, 0.3) is 0 Å². The van der Waals surface area contributed by atoms with Gasteiger partial charge in [0.15, 0.2) is 5.82 Å². The maximum absolute atomic E-state index is 15.1. The van der Waals surface area contributed by atoms with E-state index in [0.29, 0.717) is 11.1 Å². The van der Waals surface area contributed by atoms with Crippen LogP contribution in [0.15, 0.2) is 28.9 Å². The summed E-state index contributed by atoms with van der Waals surface area (Å²) in [5.41, 5.74) is 3.62. The van der Waals surface area contributed by atoms with Crippen molar-refractivity contribution in [1.82, 2.24) is 14.3 Å². The summed E-state index contributed by atoms with van der Waals surface area (Å²) in [7, 11) is 0. The van der Waals surface area contributed by atoms with Crippen molar-refractivity contribution in [2.45, 2.75) is 32.9 Å². The Balaban J connectivity index is 2.17. The molecular weight excluding hydrogens is 333 g/mol. The topological polar surface area (TPSA) is 22.8 Å². The van der Waals surface area contributed by atoms with Crippen molar-refractivity contribution in [3.05, 3.63) is 40.2 Å². The van der Waals surface area contributed by atoms with Crippen molar-refractivity contribution >= 4 is 26.8 Å². The molecule has 3 aromatic rings.